The Balaban J connectivity index is 1.53. The van der Waals surface area contributed by atoms with E-state index in [0.29, 0.717) is 48.4 Å². The zero-order chi connectivity index (χ0) is 21.6. The molecule has 1 saturated heterocycles. The van der Waals surface area contributed by atoms with Gasteiger partial charge in [0.15, 0.2) is 0 Å². The van der Waals surface area contributed by atoms with Crippen molar-refractivity contribution >= 4 is 17.5 Å². The first-order valence-electron chi connectivity index (χ1n) is 9.96. The molecule has 1 amide bonds. The quantitative estimate of drug-likeness (QED) is 0.654. The molecule has 1 aliphatic rings. The van der Waals surface area contributed by atoms with Gasteiger partial charge in [0.25, 0.3) is 5.91 Å². The summed E-state index contributed by atoms with van der Waals surface area (Å²) in [5.41, 5.74) is 1.15. The van der Waals surface area contributed by atoms with E-state index in [-0.39, 0.29) is 12.0 Å². The zero-order valence-electron chi connectivity index (χ0n) is 17.4. The third-order valence-electron chi connectivity index (χ3n) is 5.02. The van der Waals surface area contributed by atoms with Gasteiger partial charge in [-0.3, -0.25) is 4.79 Å². The number of amides is 1. The minimum atomic E-state index is -0.344. The minimum absolute atomic E-state index is 0.162. The molecule has 0 saturated carbocycles. The highest BCUT2D eigenvalue weighted by atomic mass is 16.5. The average Bonchev–Trinajstić information content (AvgIpc) is 2.84. The maximum atomic E-state index is 13.3. The highest BCUT2D eigenvalue weighted by molar-refractivity contribution is 5.99. The molecule has 8 heteroatoms. The summed E-state index contributed by atoms with van der Waals surface area (Å²) < 4.78 is 16.7. The molecule has 0 unspecified atom stereocenters. The van der Waals surface area contributed by atoms with Gasteiger partial charge in [0.2, 0.25) is 0 Å². The number of hydrogen-bond donors (Lipinski definition) is 1. The SMILES string of the molecule is COc1cccc(OC)c1C(=O)N1CCO[C@@H](c2cccc(Nc3ccccn3)n2)C1. The van der Waals surface area contributed by atoms with Gasteiger partial charge >= 0.3 is 0 Å². The molecule has 4 rings (SSSR count). The van der Waals surface area contributed by atoms with Crippen molar-refractivity contribution in [1.82, 2.24) is 14.9 Å². The van der Waals surface area contributed by atoms with Crippen molar-refractivity contribution in [1.29, 1.82) is 0 Å². The Labute approximate surface area is 180 Å². The van der Waals surface area contributed by atoms with Crippen molar-refractivity contribution in [2.75, 3.05) is 39.2 Å². The van der Waals surface area contributed by atoms with Gasteiger partial charge in [0.05, 0.1) is 33.1 Å². The van der Waals surface area contributed by atoms with Crippen LogP contribution in [0.4, 0.5) is 11.6 Å². The number of hydrogen-bond acceptors (Lipinski definition) is 7. The van der Waals surface area contributed by atoms with E-state index in [1.165, 1.54) is 14.2 Å². The van der Waals surface area contributed by atoms with Crippen LogP contribution >= 0.6 is 0 Å². The number of pyridine rings is 2. The summed E-state index contributed by atoms with van der Waals surface area (Å²) in [6.07, 6.45) is 1.37. The molecule has 0 aliphatic carbocycles. The second kappa shape index (κ2) is 9.44. The number of aromatic nitrogens is 2. The van der Waals surface area contributed by atoms with Crippen LogP contribution < -0.4 is 14.8 Å². The van der Waals surface area contributed by atoms with Gasteiger partial charge in [0, 0.05) is 12.7 Å². The molecular weight excluding hydrogens is 396 g/mol. The summed E-state index contributed by atoms with van der Waals surface area (Å²) in [6.45, 7) is 1.26. The van der Waals surface area contributed by atoms with Gasteiger partial charge in [-0.05, 0) is 36.4 Å². The maximum absolute atomic E-state index is 13.3. The van der Waals surface area contributed by atoms with Crippen LogP contribution in [-0.2, 0) is 4.74 Å². The number of methoxy groups -OCH3 is 2. The predicted octanol–water partition coefficient (Wildman–Crippen LogP) is 3.45. The Bertz CT molecular complexity index is 1020. The Kier molecular flexibility index (Phi) is 6.28. The molecule has 1 aliphatic heterocycles. The molecule has 160 valence electrons. The van der Waals surface area contributed by atoms with Gasteiger partial charge in [-0.1, -0.05) is 18.2 Å². The minimum Gasteiger partial charge on any atom is -0.496 e. The highest BCUT2D eigenvalue weighted by Crippen LogP contribution is 2.31. The molecule has 3 aromatic rings. The molecule has 2 aromatic heterocycles. The Morgan fingerprint density at radius 2 is 1.77 bits per heavy atom. The highest BCUT2D eigenvalue weighted by Gasteiger charge is 2.30. The largest absolute Gasteiger partial charge is 0.496 e. The third-order valence-corrected chi connectivity index (χ3v) is 5.02. The summed E-state index contributed by atoms with van der Waals surface area (Å²) in [5, 5.41) is 3.18. The maximum Gasteiger partial charge on any atom is 0.261 e. The summed E-state index contributed by atoms with van der Waals surface area (Å²) >= 11 is 0. The fraction of sp³-hybridized carbons (Fsp3) is 0.261. The molecular formula is C23H24N4O4. The monoisotopic (exact) mass is 420 g/mol. The normalized spacial score (nSPS) is 15.9. The summed E-state index contributed by atoms with van der Waals surface area (Å²) in [7, 11) is 3.08. The van der Waals surface area contributed by atoms with E-state index in [2.05, 4.69) is 15.3 Å². The summed E-state index contributed by atoms with van der Waals surface area (Å²) in [6, 6.07) is 16.6. The van der Waals surface area contributed by atoms with Crippen LogP contribution in [0.5, 0.6) is 11.5 Å². The first-order chi connectivity index (χ1) is 15.2. The van der Waals surface area contributed by atoms with E-state index in [4.69, 9.17) is 14.2 Å². The van der Waals surface area contributed by atoms with Crippen LogP contribution in [0.25, 0.3) is 0 Å². The fourth-order valence-electron chi connectivity index (χ4n) is 3.50. The third kappa shape index (κ3) is 4.59. The van der Waals surface area contributed by atoms with Crippen LogP contribution in [0.2, 0.25) is 0 Å². The molecule has 3 heterocycles. The van der Waals surface area contributed by atoms with E-state index < -0.39 is 0 Å². The van der Waals surface area contributed by atoms with E-state index in [1.54, 1.807) is 29.3 Å². The van der Waals surface area contributed by atoms with Gasteiger partial charge in [-0.2, -0.15) is 0 Å². The van der Waals surface area contributed by atoms with Crippen molar-refractivity contribution in [2.24, 2.45) is 0 Å². The second-order valence-electron chi connectivity index (χ2n) is 6.94. The van der Waals surface area contributed by atoms with Crippen molar-refractivity contribution in [2.45, 2.75) is 6.10 Å². The predicted molar refractivity (Wildman–Crippen MR) is 116 cm³/mol. The number of anilines is 2. The van der Waals surface area contributed by atoms with Crippen LogP contribution in [-0.4, -0.2) is 54.7 Å². The average molecular weight is 420 g/mol. The summed E-state index contributed by atoms with van der Waals surface area (Å²) in [4.78, 5) is 24.0. The van der Waals surface area contributed by atoms with Gasteiger partial charge < -0.3 is 24.4 Å². The molecule has 1 aromatic carbocycles. The first-order valence-corrected chi connectivity index (χ1v) is 9.96. The fourth-order valence-corrected chi connectivity index (χ4v) is 3.50. The number of rotatable bonds is 6. The molecule has 1 fully saturated rings. The lowest BCUT2D eigenvalue weighted by molar-refractivity contribution is -0.0248. The van der Waals surface area contributed by atoms with Crippen LogP contribution in [0, 0.1) is 0 Å². The Morgan fingerprint density at radius 1 is 1.03 bits per heavy atom. The lowest BCUT2D eigenvalue weighted by Crippen LogP contribution is -2.42. The van der Waals surface area contributed by atoms with Gasteiger partial charge in [-0.25, -0.2) is 9.97 Å². The first kappa shape index (κ1) is 20.6. The van der Waals surface area contributed by atoms with E-state index in [1.807, 2.05) is 36.4 Å². The smallest absolute Gasteiger partial charge is 0.261 e. The van der Waals surface area contributed by atoms with Crippen molar-refractivity contribution in [3.8, 4) is 11.5 Å². The molecule has 0 radical (unpaired) electrons. The standard InChI is InChI=1S/C23H24N4O4/c1-29-17-8-6-9-18(30-2)22(17)23(28)27-13-14-31-19(15-27)16-7-5-11-21(25-16)26-20-10-3-4-12-24-20/h3-12,19H,13-15H2,1-2H3,(H,24,25,26)/t19-/m1/s1. The molecule has 0 spiro atoms. The number of ether oxygens (including phenoxy) is 3. The van der Waals surface area contributed by atoms with Crippen LogP contribution in [0.3, 0.4) is 0 Å². The second-order valence-corrected chi connectivity index (χ2v) is 6.94. The molecule has 1 N–H and O–H groups in total. The van der Waals surface area contributed by atoms with Crippen LogP contribution in [0.1, 0.15) is 22.2 Å². The lowest BCUT2D eigenvalue weighted by atomic mass is 10.1. The zero-order valence-corrected chi connectivity index (χ0v) is 17.4. The van der Waals surface area contributed by atoms with E-state index in [0.717, 1.165) is 5.69 Å². The van der Waals surface area contributed by atoms with Crippen molar-refractivity contribution < 1.29 is 19.0 Å². The number of nitrogens with zero attached hydrogens (tertiary/aromatic N) is 3. The number of carbonyl (C=O) groups is 1. The van der Waals surface area contributed by atoms with Crippen molar-refractivity contribution in [3.05, 3.63) is 72.1 Å². The molecule has 31 heavy (non-hydrogen) atoms. The Hall–Kier alpha value is -3.65. The molecule has 8 nitrogen and oxygen atoms in total. The van der Waals surface area contributed by atoms with Gasteiger partial charge in [-0.15, -0.1) is 0 Å². The number of nitrogens with one attached hydrogen (secondary N) is 1. The number of benzene rings is 1. The lowest BCUT2D eigenvalue weighted by Gasteiger charge is -2.33. The van der Waals surface area contributed by atoms with Crippen molar-refractivity contribution in [3.63, 3.8) is 0 Å². The number of morpholine rings is 1. The van der Waals surface area contributed by atoms with Crippen LogP contribution in [0.15, 0.2) is 60.8 Å². The topological polar surface area (TPSA) is 85.8 Å². The molecule has 0 bridgehead atoms. The summed E-state index contributed by atoms with van der Waals surface area (Å²) in [5.74, 6) is 2.16. The number of carbonyl (C=O) groups excluding carboxylic acids is 1. The van der Waals surface area contributed by atoms with Gasteiger partial charge in [0.1, 0.15) is 34.8 Å². The Morgan fingerprint density at radius 3 is 2.48 bits per heavy atom. The van der Waals surface area contributed by atoms with E-state index in [9.17, 15) is 4.79 Å². The van der Waals surface area contributed by atoms with E-state index >= 15 is 0 Å². The molecule has 1 atom stereocenters.